The second kappa shape index (κ2) is 4.97. The SMILES string of the molecule is FC(F)(F)c1cc(C(F)(F)F)n2nc(-c3ccccc3)cc2n1. The van der Waals surface area contributed by atoms with Crippen molar-refractivity contribution in [3.8, 4) is 11.3 Å². The summed E-state index contributed by atoms with van der Waals surface area (Å²) in [7, 11) is 0. The van der Waals surface area contributed by atoms with Gasteiger partial charge < -0.3 is 0 Å². The second-order valence-corrected chi connectivity index (χ2v) is 4.69. The van der Waals surface area contributed by atoms with Gasteiger partial charge in [0.15, 0.2) is 11.3 Å². The van der Waals surface area contributed by atoms with Crippen LogP contribution in [0.1, 0.15) is 11.4 Å². The van der Waals surface area contributed by atoms with Crippen LogP contribution in [0.4, 0.5) is 26.3 Å². The number of fused-ring (bicyclic) bond motifs is 1. The smallest absolute Gasteiger partial charge is 0.224 e. The van der Waals surface area contributed by atoms with Gasteiger partial charge in [0.05, 0.1) is 5.69 Å². The number of aromatic nitrogens is 3. The van der Waals surface area contributed by atoms with Gasteiger partial charge in [0.25, 0.3) is 0 Å². The Balaban J connectivity index is 2.28. The van der Waals surface area contributed by atoms with Crippen LogP contribution in [0.5, 0.6) is 0 Å². The van der Waals surface area contributed by atoms with Crippen molar-refractivity contribution in [3.05, 3.63) is 53.9 Å². The van der Waals surface area contributed by atoms with Gasteiger partial charge in [-0.3, -0.25) is 0 Å². The van der Waals surface area contributed by atoms with Gasteiger partial charge in [0.1, 0.15) is 5.69 Å². The van der Waals surface area contributed by atoms with Crippen molar-refractivity contribution in [1.82, 2.24) is 14.6 Å². The summed E-state index contributed by atoms with van der Waals surface area (Å²) in [5.74, 6) is 0. The molecule has 3 aromatic rings. The topological polar surface area (TPSA) is 30.2 Å². The Morgan fingerprint density at radius 2 is 1.48 bits per heavy atom. The number of halogens is 6. The van der Waals surface area contributed by atoms with E-state index in [2.05, 4.69) is 10.1 Å². The molecule has 0 amide bonds. The van der Waals surface area contributed by atoms with Crippen LogP contribution in [-0.2, 0) is 12.4 Å². The van der Waals surface area contributed by atoms with Crippen LogP contribution in [0.25, 0.3) is 16.9 Å². The summed E-state index contributed by atoms with van der Waals surface area (Å²) in [6.07, 6.45) is -9.99. The lowest BCUT2D eigenvalue weighted by atomic mass is 10.2. The van der Waals surface area contributed by atoms with Gasteiger partial charge in [0.2, 0.25) is 0 Å². The van der Waals surface area contributed by atoms with Crippen LogP contribution in [0.15, 0.2) is 42.5 Å². The molecule has 0 aliphatic heterocycles. The summed E-state index contributed by atoms with van der Waals surface area (Å²) in [5.41, 5.74) is -3.09. The predicted octanol–water partition coefficient (Wildman–Crippen LogP) is 4.43. The zero-order valence-corrected chi connectivity index (χ0v) is 11.2. The fraction of sp³-hybridized carbons (Fsp3) is 0.143. The van der Waals surface area contributed by atoms with E-state index in [1.54, 1.807) is 30.3 Å². The van der Waals surface area contributed by atoms with Gasteiger partial charge in [0, 0.05) is 11.6 Å². The number of benzene rings is 1. The monoisotopic (exact) mass is 331 g/mol. The van der Waals surface area contributed by atoms with Crippen LogP contribution in [0, 0.1) is 0 Å². The first-order valence-corrected chi connectivity index (χ1v) is 6.27. The van der Waals surface area contributed by atoms with E-state index in [1.165, 1.54) is 0 Å². The first-order chi connectivity index (χ1) is 10.7. The largest absolute Gasteiger partial charge is 0.433 e. The van der Waals surface area contributed by atoms with E-state index in [0.29, 0.717) is 10.1 Å². The Kier molecular flexibility index (Phi) is 3.31. The molecule has 0 fully saturated rings. The molecule has 0 saturated carbocycles. The van der Waals surface area contributed by atoms with Crippen molar-refractivity contribution in [3.63, 3.8) is 0 Å². The highest BCUT2D eigenvalue weighted by molar-refractivity contribution is 5.64. The van der Waals surface area contributed by atoms with Crippen LogP contribution < -0.4 is 0 Å². The second-order valence-electron chi connectivity index (χ2n) is 4.69. The Bertz CT molecular complexity index is 849. The molecule has 3 nitrogen and oxygen atoms in total. The van der Waals surface area contributed by atoms with E-state index in [9.17, 15) is 26.3 Å². The summed E-state index contributed by atoms with van der Waals surface area (Å²) >= 11 is 0. The van der Waals surface area contributed by atoms with E-state index in [-0.39, 0.29) is 11.8 Å². The third-order valence-corrected chi connectivity index (χ3v) is 3.08. The molecule has 0 aliphatic rings. The lowest BCUT2D eigenvalue weighted by molar-refractivity contribution is -0.148. The van der Waals surface area contributed by atoms with E-state index >= 15 is 0 Å². The molecule has 1 aromatic carbocycles. The number of alkyl halides is 6. The Morgan fingerprint density at radius 3 is 2.04 bits per heavy atom. The average molecular weight is 331 g/mol. The zero-order valence-electron chi connectivity index (χ0n) is 11.2. The molecule has 0 bridgehead atoms. The molecule has 9 heteroatoms. The maximum absolute atomic E-state index is 13.0. The Hall–Kier alpha value is -2.58. The van der Waals surface area contributed by atoms with Gasteiger partial charge in [-0.15, -0.1) is 0 Å². The quantitative estimate of drug-likeness (QED) is 0.617. The molecule has 0 saturated heterocycles. The molecule has 2 aromatic heterocycles. The first kappa shape index (κ1) is 15.3. The summed E-state index contributed by atoms with van der Waals surface area (Å²) in [4.78, 5) is 3.24. The zero-order chi connectivity index (χ0) is 16.8. The highest BCUT2D eigenvalue weighted by Crippen LogP contribution is 2.35. The minimum atomic E-state index is -5.00. The molecule has 120 valence electrons. The minimum absolute atomic E-state index is 0.0469. The molecule has 0 radical (unpaired) electrons. The Labute approximate surface area is 125 Å². The van der Waals surface area contributed by atoms with Crippen LogP contribution in [-0.4, -0.2) is 14.6 Å². The number of hydrogen-bond donors (Lipinski definition) is 0. The lowest BCUT2D eigenvalue weighted by Crippen LogP contribution is -2.17. The van der Waals surface area contributed by atoms with Crippen molar-refractivity contribution in [2.24, 2.45) is 0 Å². The van der Waals surface area contributed by atoms with Gasteiger partial charge in [-0.05, 0) is 6.07 Å². The third kappa shape index (κ3) is 2.86. The fourth-order valence-electron chi connectivity index (χ4n) is 2.07. The molecular weight excluding hydrogens is 324 g/mol. The van der Waals surface area contributed by atoms with Gasteiger partial charge in [-0.1, -0.05) is 30.3 Å². The third-order valence-electron chi connectivity index (χ3n) is 3.08. The summed E-state index contributed by atoms with van der Waals surface area (Å²) in [5, 5.41) is 3.74. The maximum atomic E-state index is 13.0. The van der Waals surface area contributed by atoms with Crippen LogP contribution in [0.3, 0.4) is 0 Å². The standard InChI is InChI=1S/C14H7F6N3/c15-13(16,17)10-7-11(14(18,19)20)23-12(21-10)6-9(22-23)8-4-2-1-3-5-8/h1-7H. The van der Waals surface area contributed by atoms with E-state index in [4.69, 9.17) is 0 Å². The molecule has 0 unspecified atom stereocenters. The minimum Gasteiger partial charge on any atom is -0.224 e. The number of hydrogen-bond acceptors (Lipinski definition) is 2. The normalized spacial score (nSPS) is 12.8. The maximum Gasteiger partial charge on any atom is 0.433 e. The highest BCUT2D eigenvalue weighted by atomic mass is 19.4. The van der Waals surface area contributed by atoms with E-state index in [1.807, 2.05) is 0 Å². The first-order valence-electron chi connectivity index (χ1n) is 6.27. The van der Waals surface area contributed by atoms with Crippen molar-refractivity contribution in [2.45, 2.75) is 12.4 Å². The summed E-state index contributed by atoms with van der Waals surface area (Å²) < 4.78 is 77.8. The molecule has 2 heterocycles. The molecule has 0 atom stereocenters. The van der Waals surface area contributed by atoms with Crippen molar-refractivity contribution in [2.75, 3.05) is 0 Å². The Morgan fingerprint density at radius 1 is 0.826 bits per heavy atom. The fourth-order valence-corrected chi connectivity index (χ4v) is 2.07. The molecule has 0 N–H and O–H groups in total. The van der Waals surface area contributed by atoms with Crippen molar-refractivity contribution < 1.29 is 26.3 Å². The van der Waals surface area contributed by atoms with Crippen molar-refractivity contribution >= 4 is 5.65 Å². The van der Waals surface area contributed by atoms with Gasteiger partial charge in [-0.25, -0.2) is 9.50 Å². The summed E-state index contributed by atoms with van der Waals surface area (Å²) in [6.45, 7) is 0. The van der Waals surface area contributed by atoms with Gasteiger partial charge >= 0.3 is 12.4 Å². The number of rotatable bonds is 1. The molecule has 0 aliphatic carbocycles. The predicted molar refractivity (Wildman–Crippen MR) is 68.4 cm³/mol. The lowest BCUT2D eigenvalue weighted by Gasteiger charge is -2.12. The molecule has 0 spiro atoms. The van der Waals surface area contributed by atoms with Crippen LogP contribution >= 0.6 is 0 Å². The molecular formula is C14H7F6N3. The van der Waals surface area contributed by atoms with E-state index < -0.39 is 29.4 Å². The van der Waals surface area contributed by atoms with Crippen molar-refractivity contribution in [1.29, 1.82) is 0 Å². The van der Waals surface area contributed by atoms with Gasteiger partial charge in [-0.2, -0.15) is 31.4 Å². The summed E-state index contributed by atoms with van der Waals surface area (Å²) in [6, 6.07) is 9.17. The van der Waals surface area contributed by atoms with Crippen LogP contribution in [0.2, 0.25) is 0 Å². The van der Waals surface area contributed by atoms with E-state index in [0.717, 1.165) is 6.07 Å². The molecule has 3 rings (SSSR count). The molecule has 23 heavy (non-hydrogen) atoms. The number of nitrogens with zero attached hydrogens (tertiary/aromatic N) is 3. The average Bonchev–Trinajstić information content (AvgIpc) is 2.89. The highest BCUT2D eigenvalue weighted by Gasteiger charge is 2.40.